The van der Waals surface area contributed by atoms with Crippen LogP contribution in [0, 0.1) is 11.7 Å². The summed E-state index contributed by atoms with van der Waals surface area (Å²) in [6, 6.07) is 15.9. The molecule has 0 radical (unpaired) electrons. The summed E-state index contributed by atoms with van der Waals surface area (Å²) < 4.78 is 4.52. The molecule has 0 aliphatic carbocycles. The lowest BCUT2D eigenvalue weighted by atomic mass is 10.1. The molecule has 0 spiro atoms. The van der Waals surface area contributed by atoms with Gasteiger partial charge in [-0.05, 0) is 56.2 Å². The van der Waals surface area contributed by atoms with E-state index in [1.807, 2.05) is 33.5 Å². The van der Waals surface area contributed by atoms with E-state index >= 15 is 0 Å². The molecule has 0 amide bonds. The maximum absolute atomic E-state index is 10.0. The van der Waals surface area contributed by atoms with E-state index < -0.39 is 0 Å². The van der Waals surface area contributed by atoms with Gasteiger partial charge in [-0.3, -0.25) is 4.57 Å². The number of likely N-dealkylation sites (tertiary alicyclic amines) is 1. The Morgan fingerprint density at radius 2 is 1.89 bits per heavy atom. The van der Waals surface area contributed by atoms with Crippen LogP contribution >= 0.6 is 23.8 Å². The molecule has 3 aromatic rings. The Labute approximate surface area is 174 Å². The predicted octanol–water partition coefficient (Wildman–Crippen LogP) is 3.03. The molecule has 2 atom stereocenters. The van der Waals surface area contributed by atoms with Crippen LogP contribution in [0.2, 0.25) is 5.02 Å². The first-order chi connectivity index (χ1) is 13.5. The molecule has 1 fully saturated rings. The first kappa shape index (κ1) is 19.3. The van der Waals surface area contributed by atoms with Gasteiger partial charge in [0, 0.05) is 10.6 Å². The fraction of sp³-hybridized carbons (Fsp3) is 0.333. The van der Waals surface area contributed by atoms with Crippen molar-refractivity contribution in [3.8, 4) is 17.1 Å². The van der Waals surface area contributed by atoms with E-state index in [0.29, 0.717) is 16.5 Å². The number of hydrogen-bond donors (Lipinski definition) is 2. The molecule has 1 aliphatic rings. The van der Waals surface area contributed by atoms with Crippen LogP contribution in [0.4, 0.5) is 0 Å². The number of rotatable bonds is 4. The molecule has 2 aromatic carbocycles. The van der Waals surface area contributed by atoms with Crippen molar-refractivity contribution in [1.82, 2.24) is 14.3 Å². The summed E-state index contributed by atoms with van der Waals surface area (Å²) >= 11 is 11.9. The Morgan fingerprint density at radius 1 is 1.18 bits per heavy atom. The lowest BCUT2D eigenvalue weighted by molar-refractivity contribution is -0.931. The van der Waals surface area contributed by atoms with E-state index in [0.717, 1.165) is 43.0 Å². The summed E-state index contributed by atoms with van der Waals surface area (Å²) in [5, 5.41) is 15.6. The largest absolute Gasteiger partial charge is 0.387 e. The topological polar surface area (TPSA) is 47.4 Å². The fourth-order valence-electron chi connectivity index (χ4n) is 3.70. The average molecular weight is 416 g/mol. The normalized spacial score (nSPS) is 19.7. The number of aryl methyl sites for hydroxylation is 1. The quantitative estimate of drug-likeness (QED) is 0.644. The van der Waals surface area contributed by atoms with E-state index in [1.165, 1.54) is 10.5 Å². The SMILES string of the molecule is Cc1ccc(-c2nn(C[NH+]3CCC[C@@H](O)C3)c(=S)n2-c2ccc(Cl)cc2)cc1. The Balaban J connectivity index is 1.78. The summed E-state index contributed by atoms with van der Waals surface area (Å²) in [5.74, 6) is 0.810. The fourth-order valence-corrected chi connectivity index (χ4v) is 4.13. The number of benzene rings is 2. The van der Waals surface area contributed by atoms with Crippen LogP contribution in [-0.2, 0) is 6.67 Å². The van der Waals surface area contributed by atoms with Crippen LogP contribution in [0.15, 0.2) is 48.5 Å². The third kappa shape index (κ3) is 4.05. The van der Waals surface area contributed by atoms with Gasteiger partial charge in [-0.1, -0.05) is 41.4 Å². The van der Waals surface area contributed by atoms with Crippen LogP contribution in [0.5, 0.6) is 0 Å². The smallest absolute Gasteiger partial charge is 0.207 e. The zero-order chi connectivity index (χ0) is 19.7. The van der Waals surface area contributed by atoms with Crippen LogP contribution in [0.3, 0.4) is 0 Å². The second kappa shape index (κ2) is 8.17. The van der Waals surface area contributed by atoms with E-state index in [-0.39, 0.29) is 6.10 Å². The summed E-state index contributed by atoms with van der Waals surface area (Å²) in [7, 11) is 0. The molecule has 28 heavy (non-hydrogen) atoms. The van der Waals surface area contributed by atoms with Crippen LogP contribution in [0.1, 0.15) is 18.4 Å². The molecule has 2 N–H and O–H groups in total. The number of aromatic nitrogens is 3. The second-order valence-corrected chi connectivity index (χ2v) is 8.24. The van der Waals surface area contributed by atoms with Crippen molar-refractivity contribution in [3.05, 3.63) is 63.9 Å². The molecule has 4 rings (SSSR count). The first-order valence-electron chi connectivity index (χ1n) is 9.56. The second-order valence-electron chi connectivity index (χ2n) is 7.44. The van der Waals surface area contributed by atoms with Crippen molar-refractivity contribution in [1.29, 1.82) is 0 Å². The highest BCUT2D eigenvalue weighted by molar-refractivity contribution is 7.71. The number of halogens is 1. The first-order valence-corrected chi connectivity index (χ1v) is 10.3. The molecule has 1 unspecified atom stereocenters. The Hall–Kier alpha value is -1.99. The number of quaternary nitrogens is 1. The van der Waals surface area contributed by atoms with Crippen molar-refractivity contribution in [2.24, 2.45) is 0 Å². The molecule has 0 saturated carbocycles. The number of nitrogens with zero attached hydrogens (tertiary/aromatic N) is 3. The zero-order valence-electron chi connectivity index (χ0n) is 15.8. The number of nitrogens with one attached hydrogen (secondary N) is 1. The predicted molar refractivity (Wildman–Crippen MR) is 114 cm³/mol. The molecule has 1 aromatic heterocycles. The van der Waals surface area contributed by atoms with E-state index in [1.54, 1.807) is 0 Å². The molecule has 0 bridgehead atoms. The zero-order valence-corrected chi connectivity index (χ0v) is 17.4. The maximum Gasteiger partial charge on any atom is 0.207 e. The monoisotopic (exact) mass is 415 g/mol. The lowest BCUT2D eigenvalue weighted by Gasteiger charge is -2.26. The highest BCUT2D eigenvalue weighted by Crippen LogP contribution is 2.24. The van der Waals surface area contributed by atoms with Gasteiger partial charge in [-0.2, -0.15) is 4.68 Å². The number of hydrogen-bond acceptors (Lipinski definition) is 3. The average Bonchev–Trinajstić information content (AvgIpc) is 2.99. The maximum atomic E-state index is 10.0. The van der Waals surface area contributed by atoms with Gasteiger partial charge in [-0.25, -0.2) is 0 Å². The van der Waals surface area contributed by atoms with E-state index in [4.69, 9.17) is 28.9 Å². The highest BCUT2D eigenvalue weighted by Gasteiger charge is 2.23. The van der Waals surface area contributed by atoms with Gasteiger partial charge in [-0.15, -0.1) is 5.10 Å². The summed E-state index contributed by atoms with van der Waals surface area (Å²) in [6.07, 6.45) is 1.66. The summed E-state index contributed by atoms with van der Waals surface area (Å²) in [6.45, 7) is 4.47. The molecule has 5 nitrogen and oxygen atoms in total. The Bertz CT molecular complexity index is 1010. The molecule has 2 heterocycles. The van der Waals surface area contributed by atoms with Gasteiger partial charge in [0.25, 0.3) is 0 Å². The summed E-state index contributed by atoms with van der Waals surface area (Å²) in [4.78, 5) is 1.30. The molecular formula is C21H24ClN4OS+. The van der Waals surface area contributed by atoms with E-state index in [9.17, 15) is 5.11 Å². The minimum atomic E-state index is -0.243. The standard InChI is InChI=1S/C21H23ClN4OS/c1-15-4-6-16(7-5-15)20-23-25(14-24-12-2-3-19(27)13-24)21(28)26(20)18-10-8-17(22)9-11-18/h4-11,19,27H,2-3,12-14H2,1H3/p+1/t19-/m1/s1. The molecule has 1 aliphatic heterocycles. The lowest BCUT2D eigenvalue weighted by Crippen LogP contribution is -3.13. The highest BCUT2D eigenvalue weighted by atomic mass is 35.5. The van der Waals surface area contributed by atoms with Crippen molar-refractivity contribution in [2.45, 2.75) is 32.5 Å². The van der Waals surface area contributed by atoms with Gasteiger partial charge < -0.3 is 10.0 Å². The van der Waals surface area contributed by atoms with Crippen LogP contribution in [0.25, 0.3) is 17.1 Å². The number of aliphatic hydroxyl groups excluding tert-OH is 1. The van der Waals surface area contributed by atoms with Crippen LogP contribution in [-0.4, -0.2) is 38.6 Å². The van der Waals surface area contributed by atoms with Crippen LogP contribution < -0.4 is 4.90 Å². The summed E-state index contributed by atoms with van der Waals surface area (Å²) in [5.41, 5.74) is 3.15. The molecule has 7 heteroatoms. The number of aliphatic hydroxyl groups is 1. The Morgan fingerprint density at radius 3 is 2.57 bits per heavy atom. The minimum absolute atomic E-state index is 0.243. The van der Waals surface area contributed by atoms with Crippen molar-refractivity contribution in [3.63, 3.8) is 0 Å². The third-order valence-corrected chi connectivity index (χ3v) is 5.84. The molecule has 1 saturated heterocycles. The van der Waals surface area contributed by atoms with Gasteiger partial charge >= 0.3 is 0 Å². The minimum Gasteiger partial charge on any atom is -0.387 e. The van der Waals surface area contributed by atoms with Gasteiger partial charge in [0.15, 0.2) is 12.5 Å². The van der Waals surface area contributed by atoms with Gasteiger partial charge in [0.05, 0.1) is 12.2 Å². The third-order valence-electron chi connectivity index (χ3n) is 5.20. The molecule has 146 valence electrons. The Kier molecular flexibility index (Phi) is 5.64. The van der Waals surface area contributed by atoms with Gasteiger partial charge in [0.1, 0.15) is 12.6 Å². The molecular weight excluding hydrogens is 392 g/mol. The van der Waals surface area contributed by atoms with Crippen molar-refractivity contribution < 1.29 is 10.0 Å². The van der Waals surface area contributed by atoms with Gasteiger partial charge in [0.2, 0.25) is 4.77 Å². The van der Waals surface area contributed by atoms with Crippen molar-refractivity contribution in [2.75, 3.05) is 13.1 Å². The number of piperidine rings is 1. The van der Waals surface area contributed by atoms with E-state index in [2.05, 4.69) is 31.2 Å². The van der Waals surface area contributed by atoms with Crippen molar-refractivity contribution >= 4 is 23.8 Å².